The first kappa shape index (κ1) is 30.5. The van der Waals surface area contributed by atoms with Gasteiger partial charge in [-0.1, -0.05) is 74.5 Å². The Hall–Kier alpha value is -4.98. The molecule has 0 spiro atoms. The zero-order chi connectivity index (χ0) is 31.1. The summed E-state index contributed by atoms with van der Waals surface area (Å²) in [6.45, 7) is 5.32. The zero-order valence-corrected chi connectivity index (χ0v) is 25.8. The first-order valence-corrected chi connectivity index (χ1v) is 14.9. The third kappa shape index (κ3) is 7.14. The number of nitrogens with zero attached hydrogens (tertiary/aromatic N) is 2. The summed E-state index contributed by atoms with van der Waals surface area (Å²) < 4.78 is 10.9. The number of carbonyl (C=O) groups excluding carboxylic acids is 2. The molecule has 228 valence electrons. The van der Waals surface area contributed by atoms with E-state index in [4.69, 9.17) is 9.47 Å². The van der Waals surface area contributed by atoms with Crippen LogP contribution in [0.25, 0.3) is 21.7 Å². The lowest BCUT2D eigenvalue weighted by atomic mass is 10.1. The van der Waals surface area contributed by atoms with Gasteiger partial charge in [0, 0.05) is 42.1 Å². The molecule has 0 aliphatic heterocycles. The Balaban J connectivity index is 1.38. The summed E-state index contributed by atoms with van der Waals surface area (Å²) in [6, 6.07) is 27.3. The van der Waals surface area contributed by atoms with E-state index in [1.165, 1.54) is 0 Å². The van der Waals surface area contributed by atoms with Gasteiger partial charge >= 0.3 is 6.03 Å². The van der Waals surface area contributed by atoms with Crippen molar-refractivity contribution < 1.29 is 19.1 Å². The van der Waals surface area contributed by atoms with Crippen molar-refractivity contribution in [3.8, 4) is 11.5 Å². The van der Waals surface area contributed by atoms with Crippen LogP contribution in [0.3, 0.4) is 0 Å². The Bertz CT molecular complexity index is 1740. The van der Waals surface area contributed by atoms with Crippen LogP contribution in [0, 0.1) is 5.92 Å². The van der Waals surface area contributed by atoms with E-state index in [1.807, 2.05) is 104 Å². The first-order valence-electron chi connectivity index (χ1n) is 14.9. The van der Waals surface area contributed by atoms with Crippen molar-refractivity contribution in [1.29, 1.82) is 0 Å². The van der Waals surface area contributed by atoms with Crippen molar-refractivity contribution in [1.82, 2.24) is 14.8 Å². The zero-order valence-electron chi connectivity index (χ0n) is 25.8. The molecule has 8 heteroatoms. The second-order valence-corrected chi connectivity index (χ2v) is 11.3. The van der Waals surface area contributed by atoms with Crippen LogP contribution >= 0.6 is 0 Å². The molecule has 0 saturated heterocycles. The molecule has 8 nitrogen and oxygen atoms in total. The summed E-state index contributed by atoms with van der Waals surface area (Å²) in [5.74, 6) is 1.27. The van der Waals surface area contributed by atoms with Crippen LogP contribution in [0.5, 0.6) is 11.5 Å². The number of nitrogens with one attached hydrogen (secondary N) is 2. The molecule has 5 rings (SSSR count). The second-order valence-electron chi connectivity index (χ2n) is 11.3. The lowest BCUT2D eigenvalue weighted by Crippen LogP contribution is -2.46. The molecule has 0 saturated carbocycles. The Morgan fingerprint density at radius 2 is 1.57 bits per heavy atom. The largest absolute Gasteiger partial charge is 0.493 e. The number of benzene rings is 4. The van der Waals surface area contributed by atoms with Crippen molar-refractivity contribution in [2.24, 2.45) is 5.92 Å². The van der Waals surface area contributed by atoms with Crippen LogP contribution in [-0.4, -0.2) is 60.6 Å². The third-order valence-electron chi connectivity index (χ3n) is 7.73. The first-order chi connectivity index (χ1) is 21.4. The number of H-pyrrole nitrogens is 1. The molecule has 2 N–H and O–H groups in total. The fourth-order valence-corrected chi connectivity index (χ4v) is 5.54. The van der Waals surface area contributed by atoms with Gasteiger partial charge in [-0.25, -0.2) is 4.79 Å². The number of urea groups is 1. The van der Waals surface area contributed by atoms with E-state index in [2.05, 4.69) is 16.4 Å². The fourth-order valence-electron chi connectivity index (χ4n) is 5.54. The van der Waals surface area contributed by atoms with Gasteiger partial charge in [-0.2, -0.15) is 0 Å². The third-order valence-corrected chi connectivity index (χ3v) is 7.73. The highest BCUT2D eigenvalue weighted by Gasteiger charge is 2.24. The Labute approximate surface area is 258 Å². The topological polar surface area (TPSA) is 86.9 Å². The fraction of sp³-hybridized carbons (Fsp3) is 0.278. The van der Waals surface area contributed by atoms with Crippen LogP contribution in [-0.2, 0) is 17.8 Å². The molecule has 4 aromatic carbocycles. The van der Waals surface area contributed by atoms with Gasteiger partial charge in [0.25, 0.3) is 0 Å². The van der Waals surface area contributed by atoms with Crippen molar-refractivity contribution in [3.63, 3.8) is 0 Å². The highest BCUT2D eigenvalue weighted by atomic mass is 16.5. The Kier molecular flexibility index (Phi) is 9.69. The van der Waals surface area contributed by atoms with Crippen molar-refractivity contribution in [3.05, 3.63) is 102 Å². The van der Waals surface area contributed by atoms with Gasteiger partial charge in [-0.15, -0.1) is 0 Å². The number of anilines is 1. The lowest BCUT2D eigenvalue weighted by Gasteiger charge is -2.29. The summed E-state index contributed by atoms with van der Waals surface area (Å²) >= 11 is 0. The maximum absolute atomic E-state index is 14.0. The smallest absolute Gasteiger partial charge is 0.322 e. The average Bonchev–Trinajstić information content (AvgIpc) is 3.45. The predicted octanol–water partition coefficient (Wildman–Crippen LogP) is 7.10. The number of para-hydroxylation sites is 1. The molecule has 0 aliphatic carbocycles. The number of carbonyl (C=O) groups is 2. The molecule has 0 radical (unpaired) electrons. The van der Waals surface area contributed by atoms with E-state index in [0.717, 1.165) is 38.5 Å². The molecule has 1 heterocycles. The Morgan fingerprint density at radius 1 is 0.841 bits per heavy atom. The highest BCUT2D eigenvalue weighted by molar-refractivity contribution is 6.02. The van der Waals surface area contributed by atoms with Gasteiger partial charge in [0.2, 0.25) is 5.91 Å². The summed E-state index contributed by atoms with van der Waals surface area (Å²) in [6.07, 6.45) is 2.67. The van der Waals surface area contributed by atoms with Crippen molar-refractivity contribution in [2.75, 3.05) is 39.2 Å². The summed E-state index contributed by atoms with van der Waals surface area (Å²) in [7, 11) is 3.20. The number of hydrogen-bond acceptors (Lipinski definition) is 4. The number of hydrogen-bond donors (Lipinski definition) is 2. The normalized spacial score (nSPS) is 11.1. The SMILES string of the molecule is COc1ccc(CN(CCc2c[nH]c3ccccc23)C(=O)CN(CC(C)C)C(=O)Nc2cccc3ccccc23)cc1OC. The van der Waals surface area contributed by atoms with Gasteiger partial charge in [-0.3, -0.25) is 4.79 Å². The summed E-state index contributed by atoms with van der Waals surface area (Å²) in [5.41, 5.74) is 3.83. The van der Waals surface area contributed by atoms with Crippen molar-refractivity contribution >= 4 is 39.3 Å². The monoisotopic (exact) mass is 592 g/mol. The van der Waals surface area contributed by atoms with Crippen LogP contribution in [0.2, 0.25) is 0 Å². The summed E-state index contributed by atoms with van der Waals surface area (Å²) in [4.78, 5) is 34.5. The minimum Gasteiger partial charge on any atom is -0.493 e. The molecule has 0 fully saturated rings. The molecule has 5 aromatic rings. The summed E-state index contributed by atoms with van der Waals surface area (Å²) in [5, 5.41) is 6.20. The van der Waals surface area contributed by atoms with Gasteiger partial charge in [-0.05, 0) is 53.1 Å². The maximum atomic E-state index is 14.0. The standard InChI is InChI=1S/C36H40N4O4/c1-25(2)22-40(36(42)38-32-15-9-11-27-10-5-6-12-29(27)32)24-35(41)39(23-26-16-17-33(43-3)34(20-26)44-4)19-18-28-21-37-31-14-8-7-13-30(28)31/h5-17,20-21,25,37H,18-19,22-24H2,1-4H3,(H,38,42). The second kappa shape index (κ2) is 14.0. The van der Waals surface area contributed by atoms with Gasteiger partial charge in [0.1, 0.15) is 6.54 Å². The molecule has 0 atom stereocenters. The van der Waals surface area contributed by atoms with E-state index in [9.17, 15) is 9.59 Å². The highest BCUT2D eigenvalue weighted by Crippen LogP contribution is 2.28. The number of rotatable bonds is 12. The number of ether oxygens (including phenoxy) is 2. The van der Waals surface area contributed by atoms with E-state index in [0.29, 0.717) is 37.6 Å². The molecular formula is C36H40N4O4. The molecular weight excluding hydrogens is 552 g/mol. The predicted molar refractivity (Wildman–Crippen MR) is 176 cm³/mol. The van der Waals surface area contributed by atoms with Crippen LogP contribution in [0.15, 0.2) is 91.1 Å². The number of amides is 3. The van der Waals surface area contributed by atoms with E-state index in [-0.39, 0.29) is 24.4 Å². The number of fused-ring (bicyclic) bond motifs is 2. The number of aromatic amines is 1. The Morgan fingerprint density at radius 3 is 2.34 bits per heavy atom. The lowest BCUT2D eigenvalue weighted by molar-refractivity contribution is -0.132. The minimum atomic E-state index is -0.300. The molecule has 0 unspecified atom stereocenters. The van der Waals surface area contributed by atoms with E-state index >= 15 is 0 Å². The average molecular weight is 593 g/mol. The molecule has 44 heavy (non-hydrogen) atoms. The van der Waals surface area contributed by atoms with Gasteiger partial charge in [0.15, 0.2) is 11.5 Å². The molecule has 0 aliphatic rings. The van der Waals surface area contributed by atoms with Crippen LogP contribution in [0.4, 0.5) is 10.5 Å². The van der Waals surface area contributed by atoms with E-state index < -0.39 is 0 Å². The van der Waals surface area contributed by atoms with Crippen LogP contribution in [0.1, 0.15) is 25.0 Å². The number of aromatic nitrogens is 1. The van der Waals surface area contributed by atoms with Gasteiger partial charge < -0.3 is 29.6 Å². The van der Waals surface area contributed by atoms with Crippen molar-refractivity contribution in [2.45, 2.75) is 26.8 Å². The van der Waals surface area contributed by atoms with E-state index in [1.54, 1.807) is 19.1 Å². The maximum Gasteiger partial charge on any atom is 0.322 e. The molecule has 0 bridgehead atoms. The van der Waals surface area contributed by atoms with Crippen LogP contribution < -0.4 is 14.8 Å². The van der Waals surface area contributed by atoms with Gasteiger partial charge in [0.05, 0.1) is 19.9 Å². The quantitative estimate of drug-likeness (QED) is 0.162. The molecule has 1 aromatic heterocycles. The number of methoxy groups -OCH3 is 2. The molecule has 3 amide bonds. The minimum absolute atomic E-state index is 0.0457.